The Morgan fingerprint density at radius 3 is 2.30 bits per heavy atom. The smallest absolute Gasteiger partial charge is 0.309 e. The van der Waals surface area contributed by atoms with Crippen LogP contribution in [0.2, 0.25) is 0 Å². The van der Waals surface area contributed by atoms with E-state index in [9.17, 15) is 4.79 Å². The maximum Gasteiger partial charge on any atom is 0.309 e. The second-order valence-corrected chi connectivity index (χ2v) is 8.78. The summed E-state index contributed by atoms with van der Waals surface area (Å²) in [6, 6.07) is 8.93. The Labute approximate surface area is 165 Å². The first-order valence-corrected chi connectivity index (χ1v) is 11.1. The molecule has 2 heteroatoms. The van der Waals surface area contributed by atoms with Gasteiger partial charge in [0.05, 0.1) is 5.92 Å². The number of hydrogen-bond donors (Lipinski definition) is 0. The quantitative estimate of drug-likeness (QED) is 0.530. The van der Waals surface area contributed by atoms with Gasteiger partial charge in [-0.1, -0.05) is 56.7 Å². The first-order chi connectivity index (χ1) is 13.1. The van der Waals surface area contributed by atoms with Gasteiger partial charge in [-0.05, 0) is 80.8 Å². The van der Waals surface area contributed by atoms with Gasteiger partial charge < -0.3 is 4.74 Å². The van der Waals surface area contributed by atoms with E-state index in [1.165, 1.54) is 30.4 Å². The minimum atomic E-state index is 0.0769. The molecule has 2 aliphatic rings. The van der Waals surface area contributed by atoms with Crippen LogP contribution in [0.4, 0.5) is 0 Å². The topological polar surface area (TPSA) is 26.3 Å². The summed E-state index contributed by atoms with van der Waals surface area (Å²) in [5, 5.41) is 0. The van der Waals surface area contributed by atoms with Crippen LogP contribution < -0.4 is 0 Å². The molecule has 148 valence electrons. The highest BCUT2D eigenvalue weighted by atomic mass is 16.5. The van der Waals surface area contributed by atoms with Crippen LogP contribution in [0.3, 0.4) is 0 Å². The Bertz CT molecular complexity index is 600. The number of allylic oxidation sites excluding steroid dienone is 1. The maximum absolute atomic E-state index is 12.4. The summed E-state index contributed by atoms with van der Waals surface area (Å²) in [6.45, 7) is 4.51. The Hall–Kier alpha value is -1.57. The number of carbonyl (C=O) groups is 1. The third kappa shape index (κ3) is 6.23. The summed E-state index contributed by atoms with van der Waals surface area (Å²) in [4.78, 5) is 12.4. The molecular formula is C25H36O2. The summed E-state index contributed by atoms with van der Waals surface area (Å²) >= 11 is 0. The van der Waals surface area contributed by atoms with Crippen molar-refractivity contribution >= 4 is 12.0 Å². The standard InChI is InChI=1S/C25H36O2/c1-3-4-20-7-9-21(10-8-20)11-12-22-13-17-24(18-14-22)27-25(26)23-15-5-19(2)6-16-23/h7-12,19,22-24H,3-6,13-18H2,1-2H3/b12-11+. The molecule has 2 fully saturated rings. The van der Waals surface area contributed by atoms with Gasteiger partial charge in [0.1, 0.15) is 6.10 Å². The van der Waals surface area contributed by atoms with Crippen molar-refractivity contribution < 1.29 is 9.53 Å². The molecule has 0 spiro atoms. The van der Waals surface area contributed by atoms with Crippen molar-refractivity contribution in [3.05, 3.63) is 41.5 Å². The maximum atomic E-state index is 12.4. The largest absolute Gasteiger partial charge is 0.462 e. The third-order valence-electron chi connectivity index (χ3n) is 6.43. The van der Waals surface area contributed by atoms with E-state index in [2.05, 4.69) is 50.3 Å². The predicted molar refractivity (Wildman–Crippen MR) is 112 cm³/mol. The van der Waals surface area contributed by atoms with Gasteiger partial charge in [-0.25, -0.2) is 0 Å². The second-order valence-electron chi connectivity index (χ2n) is 8.78. The van der Waals surface area contributed by atoms with Crippen LogP contribution in [0.5, 0.6) is 0 Å². The minimum Gasteiger partial charge on any atom is -0.462 e. The molecule has 0 aliphatic heterocycles. The Balaban J connectivity index is 1.40. The predicted octanol–water partition coefficient (Wildman–Crippen LogP) is 6.58. The van der Waals surface area contributed by atoms with E-state index in [0.717, 1.165) is 50.9 Å². The van der Waals surface area contributed by atoms with Gasteiger partial charge in [0, 0.05) is 0 Å². The Kier molecular flexibility index (Phi) is 7.55. The van der Waals surface area contributed by atoms with Crippen LogP contribution in [0.25, 0.3) is 6.08 Å². The van der Waals surface area contributed by atoms with Gasteiger partial charge in [0.25, 0.3) is 0 Å². The normalized spacial score (nSPS) is 29.0. The molecule has 1 aromatic rings. The summed E-state index contributed by atoms with van der Waals surface area (Å²) in [6.07, 6.45) is 15.8. The molecule has 0 saturated heterocycles. The molecule has 0 unspecified atom stereocenters. The average molecular weight is 369 g/mol. The first kappa shape index (κ1) is 20.2. The van der Waals surface area contributed by atoms with Crippen molar-refractivity contribution in [3.8, 4) is 0 Å². The van der Waals surface area contributed by atoms with Crippen molar-refractivity contribution in [2.24, 2.45) is 17.8 Å². The molecule has 2 saturated carbocycles. The number of esters is 1. The lowest BCUT2D eigenvalue weighted by Crippen LogP contribution is -2.29. The van der Waals surface area contributed by atoms with E-state index >= 15 is 0 Å². The van der Waals surface area contributed by atoms with Crippen molar-refractivity contribution in [1.29, 1.82) is 0 Å². The van der Waals surface area contributed by atoms with Gasteiger partial charge in [-0.3, -0.25) is 4.79 Å². The van der Waals surface area contributed by atoms with E-state index < -0.39 is 0 Å². The molecule has 0 amide bonds. The van der Waals surface area contributed by atoms with Crippen LogP contribution in [0.1, 0.15) is 82.8 Å². The van der Waals surface area contributed by atoms with Gasteiger partial charge in [-0.15, -0.1) is 0 Å². The summed E-state index contributed by atoms with van der Waals surface area (Å²) in [5.41, 5.74) is 2.71. The van der Waals surface area contributed by atoms with Gasteiger partial charge >= 0.3 is 5.97 Å². The van der Waals surface area contributed by atoms with E-state index in [1.807, 2.05) is 0 Å². The SMILES string of the molecule is CCCc1ccc(/C=C/C2CCC(OC(=O)C3CCC(C)CC3)CC2)cc1. The van der Waals surface area contributed by atoms with Crippen LogP contribution in [0.15, 0.2) is 30.3 Å². The van der Waals surface area contributed by atoms with Crippen molar-refractivity contribution in [3.63, 3.8) is 0 Å². The fourth-order valence-corrected chi connectivity index (χ4v) is 4.49. The van der Waals surface area contributed by atoms with Gasteiger partial charge in [0.15, 0.2) is 0 Å². The highest BCUT2D eigenvalue weighted by Gasteiger charge is 2.29. The van der Waals surface area contributed by atoms with Crippen LogP contribution >= 0.6 is 0 Å². The Morgan fingerprint density at radius 1 is 1.00 bits per heavy atom. The highest BCUT2D eigenvalue weighted by Crippen LogP contribution is 2.32. The minimum absolute atomic E-state index is 0.0769. The van der Waals surface area contributed by atoms with Crippen LogP contribution in [-0.2, 0) is 16.0 Å². The van der Waals surface area contributed by atoms with E-state index in [4.69, 9.17) is 4.74 Å². The fourth-order valence-electron chi connectivity index (χ4n) is 4.49. The van der Waals surface area contributed by atoms with Gasteiger partial charge in [-0.2, -0.15) is 0 Å². The molecule has 0 aromatic heterocycles. The van der Waals surface area contributed by atoms with E-state index in [1.54, 1.807) is 0 Å². The molecule has 0 bridgehead atoms. The third-order valence-corrected chi connectivity index (χ3v) is 6.43. The second kappa shape index (κ2) is 10.1. The number of ether oxygens (including phenoxy) is 1. The first-order valence-electron chi connectivity index (χ1n) is 11.1. The zero-order valence-corrected chi connectivity index (χ0v) is 17.2. The van der Waals surface area contributed by atoms with Crippen molar-refractivity contribution in [2.75, 3.05) is 0 Å². The molecular weight excluding hydrogens is 332 g/mol. The number of aryl methyl sites for hydroxylation is 1. The van der Waals surface area contributed by atoms with Crippen LogP contribution in [-0.4, -0.2) is 12.1 Å². The Morgan fingerprint density at radius 2 is 1.67 bits per heavy atom. The fraction of sp³-hybridized carbons (Fsp3) is 0.640. The molecule has 0 atom stereocenters. The lowest BCUT2D eigenvalue weighted by Gasteiger charge is -2.30. The molecule has 3 rings (SSSR count). The highest BCUT2D eigenvalue weighted by molar-refractivity contribution is 5.72. The number of rotatable bonds is 6. The molecule has 0 radical (unpaired) electrons. The van der Waals surface area contributed by atoms with Crippen molar-refractivity contribution in [1.82, 2.24) is 0 Å². The average Bonchev–Trinajstić information content (AvgIpc) is 2.69. The van der Waals surface area contributed by atoms with Crippen LogP contribution in [0, 0.1) is 17.8 Å². The van der Waals surface area contributed by atoms with E-state index in [0.29, 0.717) is 5.92 Å². The molecule has 0 N–H and O–H groups in total. The number of benzene rings is 1. The van der Waals surface area contributed by atoms with Gasteiger partial charge in [0.2, 0.25) is 0 Å². The molecule has 2 aliphatic carbocycles. The lowest BCUT2D eigenvalue weighted by molar-refractivity contribution is -0.157. The molecule has 2 nitrogen and oxygen atoms in total. The van der Waals surface area contributed by atoms with Crippen molar-refractivity contribution in [2.45, 2.75) is 84.2 Å². The zero-order chi connectivity index (χ0) is 19.1. The molecule has 27 heavy (non-hydrogen) atoms. The zero-order valence-electron chi connectivity index (χ0n) is 17.2. The number of hydrogen-bond acceptors (Lipinski definition) is 2. The number of carbonyl (C=O) groups excluding carboxylic acids is 1. The lowest BCUT2D eigenvalue weighted by atomic mass is 9.83. The summed E-state index contributed by atoms with van der Waals surface area (Å²) < 4.78 is 5.85. The molecule has 0 heterocycles. The monoisotopic (exact) mass is 368 g/mol. The van der Waals surface area contributed by atoms with E-state index in [-0.39, 0.29) is 18.0 Å². The summed E-state index contributed by atoms with van der Waals surface area (Å²) in [7, 11) is 0. The summed E-state index contributed by atoms with van der Waals surface area (Å²) in [5.74, 6) is 1.63. The molecule has 1 aromatic carbocycles.